The summed E-state index contributed by atoms with van der Waals surface area (Å²) in [4.78, 5) is 17.4. The second-order valence-corrected chi connectivity index (χ2v) is 9.91. The zero-order valence-corrected chi connectivity index (χ0v) is 23.1. The van der Waals surface area contributed by atoms with Crippen LogP contribution in [-0.2, 0) is 17.6 Å². The number of rotatable bonds is 18. The van der Waals surface area contributed by atoms with Gasteiger partial charge in [-0.3, -0.25) is 0 Å². The largest absolute Gasteiger partial charge is 0.462 e. The molecule has 7 nitrogen and oxygen atoms in total. The average Bonchev–Trinajstić information content (AvgIpc) is 3.58. The zero-order valence-electron chi connectivity index (χ0n) is 23.1. The fraction of sp³-hybridized carbons (Fsp3) is 0.600. The van der Waals surface area contributed by atoms with E-state index in [0.29, 0.717) is 23.8 Å². The van der Waals surface area contributed by atoms with E-state index in [9.17, 15) is 4.79 Å². The van der Waals surface area contributed by atoms with E-state index in [4.69, 9.17) is 9.72 Å². The van der Waals surface area contributed by atoms with E-state index in [1.165, 1.54) is 75.3 Å². The molecule has 0 saturated heterocycles. The van der Waals surface area contributed by atoms with Gasteiger partial charge in [0.1, 0.15) is 0 Å². The maximum atomic E-state index is 12.6. The van der Waals surface area contributed by atoms with Crippen LogP contribution < -0.4 is 0 Å². The third-order valence-corrected chi connectivity index (χ3v) is 6.69. The Morgan fingerprint density at radius 1 is 0.703 bits per heavy atom. The lowest BCUT2D eigenvalue weighted by Gasteiger charge is -2.09. The van der Waals surface area contributed by atoms with E-state index >= 15 is 0 Å². The van der Waals surface area contributed by atoms with Crippen molar-refractivity contribution < 1.29 is 9.53 Å². The first-order valence-corrected chi connectivity index (χ1v) is 14.4. The second-order valence-electron chi connectivity index (χ2n) is 9.91. The Kier molecular flexibility index (Phi) is 12.4. The Hall–Kier alpha value is -2.96. The number of esters is 1. The van der Waals surface area contributed by atoms with Crippen molar-refractivity contribution in [1.82, 2.24) is 24.5 Å². The van der Waals surface area contributed by atoms with E-state index < -0.39 is 0 Å². The van der Waals surface area contributed by atoms with Gasteiger partial charge in [0.05, 0.1) is 24.6 Å². The maximum absolute atomic E-state index is 12.6. The predicted molar refractivity (Wildman–Crippen MR) is 149 cm³/mol. The Morgan fingerprint density at radius 3 is 1.62 bits per heavy atom. The van der Waals surface area contributed by atoms with E-state index in [2.05, 4.69) is 24.0 Å². The van der Waals surface area contributed by atoms with Crippen LogP contribution in [0.15, 0.2) is 36.9 Å². The quantitative estimate of drug-likeness (QED) is 0.132. The smallest absolute Gasteiger partial charge is 0.338 e. The van der Waals surface area contributed by atoms with Crippen LogP contribution in [0.4, 0.5) is 0 Å². The van der Waals surface area contributed by atoms with Crippen LogP contribution in [0.1, 0.15) is 119 Å². The van der Waals surface area contributed by atoms with Crippen molar-refractivity contribution in [2.75, 3.05) is 6.61 Å². The van der Waals surface area contributed by atoms with E-state index in [0.717, 1.165) is 25.7 Å². The number of unbranched alkanes of at least 4 members (excludes halogenated alkanes) is 10. The number of pyridine rings is 1. The number of hydrogen-bond acceptors (Lipinski definition) is 5. The number of carbonyl (C=O) groups is 1. The molecule has 3 rings (SSSR count). The summed E-state index contributed by atoms with van der Waals surface area (Å²) in [6.07, 6.45) is 25.0. The molecule has 0 aromatic carbocycles. The van der Waals surface area contributed by atoms with Gasteiger partial charge in [-0.2, -0.15) is 10.2 Å². The molecule has 0 unspecified atom stereocenters. The molecule has 0 radical (unpaired) electrons. The minimum absolute atomic E-state index is 0.320. The van der Waals surface area contributed by atoms with E-state index in [1.54, 1.807) is 21.5 Å². The molecule has 0 amide bonds. The van der Waals surface area contributed by atoms with E-state index in [1.807, 2.05) is 31.7 Å². The highest BCUT2D eigenvalue weighted by atomic mass is 16.5. The normalized spacial score (nSPS) is 11.2. The molecule has 0 spiro atoms. The molecular weight excluding hydrogens is 462 g/mol. The number of nitrogens with zero attached hydrogens (tertiary/aromatic N) is 5. The van der Waals surface area contributed by atoms with Crippen LogP contribution in [0.5, 0.6) is 0 Å². The van der Waals surface area contributed by atoms with Crippen molar-refractivity contribution >= 4 is 5.97 Å². The lowest BCUT2D eigenvalue weighted by Crippen LogP contribution is -2.10. The van der Waals surface area contributed by atoms with Gasteiger partial charge in [-0.15, -0.1) is 0 Å². The van der Waals surface area contributed by atoms with Crippen LogP contribution in [0, 0.1) is 0 Å². The van der Waals surface area contributed by atoms with Crippen LogP contribution in [0.2, 0.25) is 0 Å². The van der Waals surface area contributed by atoms with Gasteiger partial charge in [0.25, 0.3) is 0 Å². The van der Waals surface area contributed by atoms with Gasteiger partial charge in [-0.05, 0) is 55.9 Å². The molecular formula is C30H45N5O2. The first-order chi connectivity index (χ1) is 18.1. The third-order valence-electron chi connectivity index (χ3n) is 6.69. The lowest BCUT2D eigenvalue weighted by molar-refractivity contribution is 0.0526. The number of hydrogen-bond donors (Lipinski definition) is 0. The van der Waals surface area contributed by atoms with E-state index in [-0.39, 0.29) is 5.97 Å². The number of aryl methyl sites for hydroxylation is 2. The second kappa shape index (κ2) is 16.0. The molecule has 37 heavy (non-hydrogen) atoms. The summed E-state index contributed by atoms with van der Waals surface area (Å²) in [6.45, 7) is 6.62. The Balaban J connectivity index is 1.70. The summed E-state index contributed by atoms with van der Waals surface area (Å²) < 4.78 is 8.78. The SMILES string of the molecule is CCCCCCCCc1cnn(-c2cc(C(=O)OCC)cc(-n3cc(CCCCCCCC)cn3)n2)c1. The van der Waals surface area contributed by atoms with Crippen LogP contribution >= 0.6 is 0 Å². The van der Waals surface area contributed by atoms with Crippen molar-refractivity contribution in [3.8, 4) is 11.6 Å². The highest BCUT2D eigenvalue weighted by molar-refractivity contribution is 5.90. The molecule has 0 atom stereocenters. The molecule has 3 aromatic heterocycles. The standard InChI is InChI=1S/C30H45N5O2/c1-4-7-9-11-13-15-17-25-21-31-34(23-25)28-19-27(30(36)37-6-3)20-29(33-28)35-24-26(22-32-35)18-16-14-12-10-8-5-2/h19-24H,4-18H2,1-3H3. The number of carbonyl (C=O) groups excluding carboxylic acids is 1. The molecule has 0 fully saturated rings. The fourth-order valence-electron chi connectivity index (χ4n) is 4.52. The van der Waals surface area contributed by atoms with Gasteiger partial charge < -0.3 is 4.74 Å². The van der Waals surface area contributed by atoms with Crippen molar-refractivity contribution in [3.05, 3.63) is 53.6 Å². The maximum Gasteiger partial charge on any atom is 0.338 e. The lowest BCUT2D eigenvalue weighted by atomic mass is 10.1. The van der Waals surface area contributed by atoms with Gasteiger partial charge in [0.2, 0.25) is 0 Å². The molecule has 0 aliphatic rings. The summed E-state index contributed by atoms with van der Waals surface area (Å²) in [6, 6.07) is 3.48. The van der Waals surface area contributed by atoms with Gasteiger partial charge in [0.15, 0.2) is 11.6 Å². The highest BCUT2D eigenvalue weighted by Gasteiger charge is 2.15. The number of aromatic nitrogens is 5. The monoisotopic (exact) mass is 507 g/mol. The van der Waals surface area contributed by atoms with Gasteiger partial charge in [0, 0.05) is 12.4 Å². The van der Waals surface area contributed by atoms with Crippen molar-refractivity contribution in [2.45, 2.75) is 111 Å². The summed E-state index contributed by atoms with van der Waals surface area (Å²) in [7, 11) is 0. The Labute approximate surface area is 222 Å². The molecule has 202 valence electrons. The Morgan fingerprint density at radius 2 is 1.16 bits per heavy atom. The third kappa shape index (κ3) is 9.45. The molecule has 7 heteroatoms. The first-order valence-electron chi connectivity index (χ1n) is 14.4. The molecule has 3 heterocycles. The number of ether oxygens (including phenoxy) is 1. The summed E-state index contributed by atoms with van der Waals surface area (Å²) in [5.74, 6) is 0.803. The van der Waals surface area contributed by atoms with Crippen molar-refractivity contribution in [3.63, 3.8) is 0 Å². The molecule has 0 aliphatic carbocycles. The van der Waals surface area contributed by atoms with Crippen LogP contribution in [0.3, 0.4) is 0 Å². The topological polar surface area (TPSA) is 74.8 Å². The van der Waals surface area contributed by atoms with Gasteiger partial charge >= 0.3 is 5.97 Å². The van der Waals surface area contributed by atoms with Crippen molar-refractivity contribution in [1.29, 1.82) is 0 Å². The molecule has 0 N–H and O–H groups in total. The fourth-order valence-corrected chi connectivity index (χ4v) is 4.52. The molecule has 3 aromatic rings. The summed E-state index contributed by atoms with van der Waals surface area (Å²) in [5, 5.41) is 9.09. The minimum atomic E-state index is -0.369. The van der Waals surface area contributed by atoms with Crippen LogP contribution in [0.25, 0.3) is 11.6 Å². The van der Waals surface area contributed by atoms with Gasteiger partial charge in [-0.1, -0.05) is 78.1 Å². The minimum Gasteiger partial charge on any atom is -0.462 e. The zero-order chi connectivity index (χ0) is 26.3. The first kappa shape index (κ1) is 28.6. The average molecular weight is 508 g/mol. The van der Waals surface area contributed by atoms with Gasteiger partial charge in [-0.25, -0.2) is 19.1 Å². The molecule has 0 saturated carbocycles. The Bertz CT molecular complexity index is 999. The molecule has 0 aliphatic heterocycles. The van der Waals surface area contributed by atoms with Crippen LogP contribution in [-0.4, -0.2) is 37.1 Å². The predicted octanol–water partition coefficient (Wildman–Crippen LogP) is 7.44. The highest BCUT2D eigenvalue weighted by Crippen LogP contribution is 2.18. The van der Waals surface area contributed by atoms with Crippen molar-refractivity contribution in [2.24, 2.45) is 0 Å². The summed E-state index contributed by atoms with van der Waals surface area (Å²) >= 11 is 0. The molecule has 0 bridgehead atoms. The summed E-state index contributed by atoms with van der Waals surface area (Å²) in [5.41, 5.74) is 2.81.